The van der Waals surface area contributed by atoms with Crippen molar-refractivity contribution in [3.05, 3.63) is 18.0 Å². The van der Waals surface area contributed by atoms with Crippen LogP contribution in [0.4, 0.5) is 0 Å². The summed E-state index contributed by atoms with van der Waals surface area (Å²) < 4.78 is 11.4. The van der Waals surface area contributed by atoms with Gasteiger partial charge in [0, 0.05) is 18.3 Å². The number of esters is 2. The number of carbonyl (C=O) groups is 2. The van der Waals surface area contributed by atoms with E-state index in [0.717, 1.165) is 0 Å². The van der Waals surface area contributed by atoms with E-state index < -0.39 is 17.9 Å². The van der Waals surface area contributed by atoms with Gasteiger partial charge >= 0.3 is 11.9 Å². The number of hydrogen-bond donors (Lipinski definition) is 0. The Labute approximate surface area is 106 Å². The average molecular weight is 254 g/mol. The van der Waals surface area contributed by atoms with Gasteiger partial charge in [-0.1, -0.05) is 0 Å². The fourth-order valence-electron chi connectivity index (χ4n) is 1.52. The van der Waals surface area contributed by atoms with Gasteiger partial charge in [-0.3, -0.25) is 14.3 Å². The molecule has 0 amide bonds. The third kappa shape index (κ3) is 3.32. The summed E-state index contributed by atoms with van der Waals surface area (Å²) in [6, 6.07) is 0. The first-order valence-corrected chi connectivity index (χ1v) is 5.99. The molecule has 6 heteroatoms. The van der Waals surface area contributed by atoms with Crippen LogP contribution in [0.25, 0.3) is 0 Å². The summed E-state index contributed by atoms with van der Waals surface area (Å²) in [5.74, 6) is -2.26. The quantitative estimate of drug-likeness (QED) is 0.562. The molecule has 0 radical (unpaired) electrons. The van der Waals surface area contributed by atoms with Crippen LogP contribution in [0, 0.1) is 0 Å². The number of aryl methyl sites for hydroxylation is 1. The van der Waals surface area contributed by atoms with Crippen molar-refractivity contribution < 1.29 is 19.1 Å². The van der Waals surface area contributed by atoms with Crippen molar-refractivity contribution in [3.8, 4) is 0 Å². The first-order chi connectivity index (χ1) is 8.63. The van der Waals surface area contributed by atoms with Gasteiger partial charge < -0.3 is 9.47 Å². The van der Waals surface area contributed by atoms with E-state index >= 15 is 0 Å². The Hall–Kier alpha value is -1.85. The Bertz CT molecular complexity index is 396. The minimum absolute atomic E-state index is 0.219. The molecular weight excluding hydrogens is 236 g/mol. The van der Waals surface area contributed by atoms with Gasteiger partial charge in [-0.15, -0.1) is 0 Å². The van der Waals surface area contributed by atoms with E-state index in [9.17, 15) is 9.59 Å². The molecule has 0 bridgehead atoms. The standard InChI is InChI=1S/C12H18N2O4/c1-4-14-8-9(7-13-14)10(11(15)17-5-2)12(16)18-6-3/h7-8,10H,4-6H2,1-3H3. The molecule has 1 aromatic heterocycles. The van der Waals surface area contributed by atoms with Crippen molar-refractivity contribution >= 4 is 11.9 Å². The van der Waals surface area contributed by atoms with E-state index in [1.54, 1.807) is 24.7 Å². The maximum atomic E-state index is 11.8. The predicted octanol–water partition coefficient (Wildman–Crippen LogP) is 1.11. The molecule has 0 N–H and O–H groups in total. The van der Waals surface area contributed by atoms with Gasteiger partial charge in [0.15, 0.2) is 5.92 Å². The summed E-state index contributed by atoms with van der Waals surface area (Å²) in [7, 11) is 0. The first kappa shape index (κ1) is 14.2. The van der Waals surface area contributed by atoms with Crippen LogP contribution in [0.5, 0.6) is 0 Å². The lowest BCUT2D eigenvalue weighted by Gasteiger charge is -2.12. The molecule has 6 nitrogen and oxygen atoms in total. The summed E-state index contributed by atoms with van der Waals surface area (Å²) in [5, 5.41) is 4.04. The highest BCUT2D eigenvalue weighted by Crippen LogP contribution is 2.19. The molecule has 0 saturated heterocycles. The van der Waals surface area contributed by atoms with Gasteiger partial charge in [-0.2, -0.15) is 5.10 Å². The van der Waals surface area contributed by atoms with Gasteiger partial charge in [0.25, 0.3) is 0 Å². The molecule has 0 atom stereocenters. The van der Waals surface area contributed by atoms with Crippen LogP contribution in [-0.4, -0.2) is 34.9 Å². The second-order valence-electron chi connectivity index (χ2n) is 3.57. The molecule has 18 heavy (non-hydrogen) atoms. The van der Waals surface area contributed by atoms with Crippen LogP contribution in [0.1, 0.15) is 32.3 Å². The monoisotopic (exact) mass is 254 g/mol. The molecule has 0 spiro atoms. The normalized spacial score (nSPS) is 10.4. The Kier molecular flexibility index (Phi) is 5.35. The highest BCUT2D eigenvalue weighted by molar-refractivity contribution is 6.00. The molecule has 0 saturated carbocycles. The highest BCUT2D eigenvalue weighted by atomic mass is 16.6. The zero-order valence-electron chi connectivity index (χ0n) is 10.9. The molecular formula is C12H18N2O4. The third-order valence-electron chi connectivity index (χ3n) is 2.36. The lowest BCUT2D eigenvalue weighted by molar-refractivity contribution is -0.156. The molecule has 0 aliphatic rings. The van der Waals surface area contributed by atoms with Crippen molar-refractivity contribution in [2.24, 2.45) is 0 Å². The van der Waals surface area contributed by atoms with Crippen LogP contribution in [0.15, 0.2) is 12.4 Å². The molecule has 0 aromatic carbocycles. The average Bonchev–Trinajstić information content (AvgIpc) is 2.78. The zero-order chi connectivity index (χ0) is 13.5. The molecule has 100 valence electrons. The van der Waals surface area contributed by atoms with E-state index in [1.165, 1.54) is 6.20 Å². The SMILES string of the molecule is CCOC(=O)C(C(=O)OCC)c1cnn(CC)c1. The molecule has 0 aliphatic heterocycles. The number of ether oxygens (including phenoxy) is 2. The van der Waals surface area contributed by atoms with E-state index in [4.69, 9.17) is 9.47 Å². The number of carbonyl (C=O) groups excluding carboxylic acids is 2. The Morgan fingerprint density at radius 2 is 1.78 bits per heavy atom. The fraction of sp³-hybridized carbons (Fsp3) is 0.583. The fourth-order valence-corrected chi connectivity index (χ4v) is 1.52. The van der Waals surface area contributed by atoms with E-state index in [-0.39, 0.29) is 13.2 Å². The Morgan fingerprint density at radius 1 is 1.22 bits per heavy atom. The van der Waals surface area contributed by atoms with Crippen molar-refractivity contribution in [3.63, 3.8) is 0 Å². The topological polar surface area (TPSA) is 70.4 Å². The van der Waals surface area contributed by atoms with Crippen LogP contribution in [0.3, 0.4) is 0 Å². The number of hydrogen-bond acceptors (Lipinski definition) is 5. The van der Waals surface area contributed by atoms with Crippen molar-refractivity contribution in [1.29, 1.82) is 0 Å². The maximum Gasteiger partial charge on any atom is 0.325 e. The molecule has 0 aliphatic carbocycles. The molecule has 0 unspecified atom stereocenters. The van der Waals surface area contributed by atoms with Crippen LogP contribution in [0.2, 0.25) is 0 Å². The number of aromatic nitrogens is 2. The Morgan fingerprint density at radius 3 is 2.17 bits per heavy atom. The summed E-state index contributed by atoms with van der Waals surface area (Å²) in [5.41, 5.74) is 0.494. The van der Waals surface area contributed by atoms with Crippen molar-refractivity contribution in [1.82, 2.24) is 9.78 Å². The second kappa shape index (κ2) is 6.78. The summed E-state index contributed by atoms with van der Waals surface area (Å²) in [4.78, 5) is 23.6. The Balaban J connectivity index is 2.95. The minimum Gasteiger partial charge on any atom is -0.465 e. The van der Waals surface area contributed by atoms with E-state index in [1.807, 2.05) is 6.92 Å². The van der Waals surface area contributed by atoms with Crippen molar-refractivity contribution in [2.75, 3.05) is 13.2 Å². The van der Waals surface area contributed by atoms with Gasteiger partial charge in [0.1, 0.15) is 0 Å². The summed E-state index contributed by atoms with van der Waals surface area (Å²) in [6.07, 6.45) is 3.14. The zero-order valence-corrected chi connectivity index (χ0v) is 10.9. The maximum absolute atomic E-state index is 11.8. The van der Waals surface area contributed by atoms with Gasteiger partial charge in [0.05, 0.1) is 19.4 Å². The third-order valence-corrected chi connectivity index (χ3v) is 2.36. The van der Waals surface area contributed by atoms with Crippen LogP contribution < -0.4 is 0 Å². The lowest BCUT2D eigenvalue weighted by Crippen LogP contribution is -2.25. The molecule has 0 fully saturated rings. The van der Waals surface area contributed by atoms with Gasteiger partial charge in [-0.25, -0.2) is 0 Å². The molecule has 1 rings (SSSR count). The van der Waals surface area contributed by atoms with Crippen molar-refractivity contribution in [2.45, 2.75) is 33.2 Å². The molecule has 1 heterocycles. The van der Waals surface area contributed by atoms with Crippen LogP contribution >= 0.6 is 0 Å². The highest BCUT2D eigenvalue weighted by Gasteiger charge is 2.32. The lowest BCUT2D eigenvalue weighted by atomic mass is 10.0. The van der Waals surface area contributed by atoms with Gasteiger partial charge in [-0.05, 0) is 20.8 Å². The number of nitrogens with zero attached hydrogens (tertiary/aromatic N) is 2. The summed E-state index contributed by atoms with van der Waals surface area (Å²) in [6.45, 7) is 6.40. The molecule has 1 aromatic rings. The summed E-state index contributed by atoms with van der Waals surface area (Å²) >= 11 is 0. The minimum atomic E-state index is -1.05. The smallest absolute Gasteiger partial charge is 0.325 e. The van der Waals surface area contributed by atoms with Crippen LogP contribution in [-0.2, 0) is 25.6 Å². The largest absolute Gasteiger partial charge is 0.465 e. The van der Waals surface area contributed by atoms with E-state index in [2.05, 4.69) is 5.10 Å². The van der Waals surface area contributed by atoms with Gasteiger partial charge in [0.2, 0.25) is 0 Å². The van der Waals surface area contributed by atoms with E-state index in [0.29, 0.717) is 12.1 Å². The number of rotatable bonds is 6. The first-order valence-electron chi connectivity index (χ1n) is 5.99. The predicted molar refractivity (Wildman–Crippen MR) is 63.9 cm³/mol. The second-order valence-corrected chi connectivity index (χ2v) is 3.57.